The van der Waals surface area contributed by atoms with E-state index in [0.29, 0.717) is 12.3 Å². The minimum Gasteiger partial charge on any atom is -0.423 e. The molecule has 0 aliphatic heterocycles. The molecule has 1 aromatic carbocycles. The third-order valence-electron chi connectivity index (χ3n) is 2.45. The standard InChI is InChI=1S/C11H12BFN2O3/c1-2-3-10-14-15-11(18-10)8-6-7(13)4-5-9(8)12(16)17/h4-6,16-17H,2-3H2,1H3. The topological polar surface area (TPSA) is 79.4 Å². The smallest absolute Gasteiger partial charge is 0.423 e. The summed E-state index contributed by atoms with van der Waals surface area (Å²) in [4.78, 5) is 0. The number of hydrogen-bond donors (Lipinski definition) is 2. The van der Waals surface area contributed by atoms with Gasteiger partial charge in [-0.3, -0.25) is 0 Å². The monoisotopic (exact) mass is 250 g/mol. The Kier molecular flexibility index (Phi) is 3.73. The predicted molar refractivity (Wildman–Crippen MR) is 63.5 cm³/mol. The lowest BCUT2D eigenvalue weighted by Gasteiger charge is -2.04. The van der Waals surface area contributed by atoms with Gasteiger partial charge in [-0.15, -0.1) is 10.2 Å². The first-order valence-electron chi connectivity index (χ1n) is 5.60. The van der Waals surface area contributed by atoms with Gasteiger partial charge in [-0.2, -0.15) is 0 Å². The number of halogens is 1. The molecule has 2 aromatic rings. The normalized spacial score (nSPS) is 10.7. The summed E-state index contributed by atoms with van der Waals surface area (Å²) in [5, 5.41) is 26.0. The van der Waals surface area contributed by atoms with Gasteiger partial charge in [0.2, 0.25) is 11.8 Å². The highest BCUT2D eigenvalue weighted by atomic mass is 19.1. The van der Waals surface area contributed by atoms with E-state index in [0.717, 1.165) is 18.6 Å². The van der Waals surface area contributed by atoms with Gasteiger partial charge < -0.3 is 14.5 Å². The first-order chi connectivity index (χ1) is 8.61. The largest absolute Gasteiger partial charge is 0.489 e. The Morgan fingerprint density at radius 3 is 2.78 bits per heavy atom. The molecule has 0 atom stereocenters. The van der Waals surface area contributed by atoms with Crippen molar-refractivity contribution in [3.63, 3.8) is 0 Å². The van der Waals surface area contributed by atoms with E-state index in [1.165, 1.54) is 6.07 Å². The van der Waals surface area contributed by atoms with Crippen LogP contribution >= 0.6 is 0 Å². The van der Waals surface area contributed by atoms with Crippen molar-refractivity contribution in [1.82, 2.24) is 10.2 Å². The van der Waals surface area contributed by atoms with Crippen LogP contribution in [0.4, 0.5) is 4.39 Å². The molecule has 0 fully saturated rings. The Hall–Kier alpha value is -1.73. The molecule has 2 rings (SSSR count). The summed E-state index contributed by atoms with van der Waals surface area (Å²) in [6, 6.07) is 3.55. The number of hydrogen-bond acceptors (Lipinski definition) is 5. The molecule has 1 aromatic heterocycles. The predicted octanol–water partition coefficient (Wildman–Crippen LogP) is 0.508. The lowest BCUT2D eigenvalue weighted by molar-refractivity contribution is 0.425. The van der Waals surface area contributed by atoms with Gasteiger partial charge >= 0.3 is 7.12 Å². The average molecular weight is 250 g/mol. The Balaban J connectivity index is 2.44. The molecule has 5 nitrogen and oxygen atoms in total. The number of aryl methyl sites for hydroxylation is 1. The first-order valence-corrected chi connectivity index (χ1v) is 5.60. The van der Waals surface area contributed by atoms with Crippen molar-refractivity contribution in [2.75, 3.05) is 0 Å². The van der Waals surface area contributed by atoms with Gasteiger partial charge in [0.1, 0.15) is 5.82 Å². The summed E-state index contributed by atoms with van der Waals surface area (Å²) in [7, 11) is -1.72. The highest BCUT2D eigenvalue weighted by Gasteiger charge is 2.21. The Morgan fingerprint density at radius 2 is 2.11 bits per heavy atom. The van der Waals surface area contributed by atoms with Gasteiger partial charge in [-0.05, 0) is 24.0 Å². The molecule has 1 heterocycles. The van der Waals surface area contributed by atoms with Crippen molar-refractivity contribution in [3.05, 3.63) is 29.9 Å². The highest BCUT2D eigenvalue weighted by Crippen LogP contribution is 2.18. The zero-order valence-electron chi connectivity index (χ0n) is 9.80. The minimum atomic E-state index is -1.72. The number of rotatable bonds is 4. The molecule has 0 amide bonds. The number of benzene rings is 1. The van der Waals surface area contributed by atoms with Crippen molar-refractivity contribution in [2.45, 2.75) is 19.8 Å². The molecular formula is C11H12BFN2O3. The van der Waals surface area contributed by atoms with Gasteiger partial charge in [0.25, 0.3) is 0 Å². The maximum absolute atomic E-state index is 13.2. The molecular weight excluding hydrogens is 238 g/mol. The van der Waals surface area contributed by atoms with E-state index < -0.39 is 12.9 Å². The maximum Gasteiger partial charge on any atom is 0.489 e. The van der Waals surface area contributed by atoms with Crippen LogP contribution in [0, 0.1) is 5.82 Å². The fourth-order valence-electron chi connectivity index (χ4n) is 1.62. The number of aromatic nitrogens is 2. The summed E-state index contributed by atoms with van der Waals surface area (Å²) in [6.45, 7) is 1.97. The Morgan fingerprint density at radius 1 is 1.33 bits per heavy atom. The van der Waals surface area contributed by atoms with Crippen LogP contribution < -0.4 is 5.46 Å². The van der Waals surface area contributed by atoms with Crippen molar-refractivity contribution in [2.24, 2.45) is 0 Å². The molecule has 0 aliphatic carbocycles. The van der Waals surface area contributed by atoms with Crippen molar-refractivity contribution < 1.29 is 18.9 Å². The van der Waals surface area contributed by atoms with Crippen LogP contribution in [0.5, 0.6) is 0 Å². The van der Waals surface area contributed by atoms with Crippen LogP contribution in [0.3, 0.4) is 0 Å². The Bertz CT molecular complexity index is 545. The van der Waals surface area contributed by atoms with Crippen LogP contribution in [0.2, 0.25) is 0 Å². The summed E-state index contributed by atoms with van der Waals surface area (Å²) in [6.07, 6.45) is 1.47. The van der Waals surface area contributed by atoms with Gasteiger partial charge in [0.15, 0.2) is 0 Å². The SMILES string of the molecule is CCCc1nnc(-c2cc(F)ccc2B(O)O)o1. The van der Waals surface area contributed by atoms with E-state index in [-0.39, 0.29) is 16.9 Å². The molecule has 2 N–H and O–H groups in total. The second kappa shape index (κ2) is 5.28. The van der Waals surface area contributed by atoms with E-state index in [4.69, 9.17) is 4.42 Å². The molecule has 0 radical (unpaired) electrons. The Labute approximate surface area is 103 Å². The molecule has 94 valence electrons. The lowest BCUT2D eigenvalue weighted by Crippen LogP contribution is -2.31. The molecule has 0 bridgehead atoms. The van der Waals surface area contributed by atoms with Gasteiger partial charge in [0, 0.05) is 12.0 Å². The molecule has 0 aliphatic rings. The second-order valence-electron chi connectivity index (χ2n) is 3.86. The quantitative estimate of drug-likeness (QED) is 0.773. The van der Waals surface area contributed by atoms with Crippen LogP contribution in [-0.2, 0) is 6.42 Å². The molecule has 0 saturated carbocycles. The van der Waals surface area contributed by atoms with Gasteiger partial charge in [-0.1, -0.05) is 13.0 Å². The van der Waals surface area contributed by atoms with E-state index in [1.807, 2.05) is 6.92 Å². The van der Waals surface area contributed by atoms with Crippen molar-refractivity contribution >= 4 is 12.6 Å². The molecule has 0 spiro atoms. The van der Waals surface area contributed by atoms with E-state index in [2.05, 4.69) is 10.2 Å². The van der Waals surface area contributed by atoms with E-state index in [9.17, 15) is 14.4 Å². The first kappa shape index (κ1) is 12.7. The summed E-state index contributed by atoms with van der Waals surface area (Å²) >= 11 is 0. The zero-order chi connectivity index (χ0) is 13.1. The van der Waals surface area contributed by atoms with Crippen LogP contribution in [0.25, 0.3) is 11.5 Å². The fraction of sp³-hybridized carbons (Fsp3) is 0.273. The zero-order valence-corrected chi connectivity index (χ0v) is 9.80. The highest BCUT2D eigenvalue weighted by molar-refractivity contribution is 6.60. The summed E-state index contributed by atoms with van der Waals surface area (Å²) < 4.78 is 18.5. The average Bonchev–Trinajstić information content (AvgIpc) is 2.77. The molecule has 0 saturated heterocycles. The van der Waals surface area contributed by atoms with Crippen LogP contribution in [-0.4, -0.2) is 27.4 Å². The van der Waals surface area contributed by atoms with Gasteiger partial charge in [0.05, 0.1) is 0 Å². The molecule has 18 heavy (non-hydrogen) atoms. The van der Waals surface area contributed by atoms with Crippen LogP contribution in [0.15, 0.2) is 22.6 Å². The second-order valence-corrected chi connectivity index (χ2v) is 3.86. The minimum absolute atomic E-state index is 0.0843. The van der Waals surface area contributed by atoms with E-state index >= 15 is 0 Å². The van der Waals surface area contributed by atoms with Crippen molar-refractivity contribution in [1.29, 1.82) is 0 Å². The number of nitrogens with zero attached hydrogens (tertiary/aromatic N) is 2. The van der Waals surface area contributed by atoms with Gasteiger partial charge in [-0.25, -0.2) is 4.39 Å². The van der Waals surface area contributed by atoms with E-state index in [1.54, 1.807) is 0 Å². The molecule has 7 heteroatoms. The summed E-state index contributed by atoms with van der Waals surface area (Å²) in [5.41, 5.74) is 0.322. The molecule has 0 unspecified atom stereocenters. The maximum atomic E-state index is 13.2. The third-order valence-corrected chi connectivity index (χ3v) is 2.45. The lowest BCUT2D eigenvalue weighted by atomic mass is 9.77. The van der Waals surface area contributed by atoms with Crippen LogP contribution in [0.1, 0.15) is 19.2 Å². The summed E-state index contributed by atoms with van der Waals surface area (Å²) in [5.74, 6) is 0.0147. The van der Waals surface area contributed by atoms with Crippen molar-refractivity contribution in [3.8, 4) is 11.5 Å². The third kappa shape index (κ3) is 2.57. The fourth-order valence-corrected chi connectivity index (χ4v) is 1.62.